The molecule has 0 radical (unpaired) electrons. The van der Waals surface area contributed by atoms with Crippen molar-refractivity contribution in [3.63, 3.8) is 0 Å². The van der Waals surface area contributed by atoms with Crippen molar-refractivity contribution in [2.45, 2.75) is 19.9 Å². The summed E-state index contributed by atoms with van der Waals surface area (Å²) >= 11 is 6.12. The molecule has 0 spiro atoms. The van der Waals surface area contributed by atoms with Gasteiger partial charge in [-0.1, -0.05) is 24.6 Å². The van der Waals surface area contributed by atoms with Crippen LogP contribution >= 0.6 is 11.6 Å². The third-order valence-electron chi connectivity index (χ3n) is 2.68. The van der Waals surface area contributed by atoms with E-state index in [0.29, 0.717) is 10.8 Å². The summed E-state index contributed by atoms with van der Waals surface area (Å²) < 4.78 is 27.4. The highest BCUT2D eigenvalue weighted by Crippen LogP contribution is 2.27. The molecule has 1 rings (SSSR count). The van der Waals surface area contributed by atoms with Crippen molar-refractivity contribution >= 4 is 21.4 Å². The zero-order valence-electron chi connectivity index (χ0n) is 11.4. The molecule has 0 aliphatic rings. The highest BCUT2D eigenvalue weighted by Gasteiger charge is 2.09. The van der Waals surface area contributed by atoms with Gasteiger partial charge >= 0.3 is 0 Å². The lowest BCUT2D eigenvalue weighted by Gasteiger charge is -2.14. The van der Waals surface area contributed by atoms with Gasteiger partial charge in [0.1, 0.15) is 12.4 Å². The van der Waals surface area contributed by atoms with Crippen LogP contribution in [0.5, 0.6) is 5.75 Å². The summed E-state index contributed by atoms with van der Waals surface area (Å²) in [6.07, 6.45) is 1.18. The maximum absolute atomic E-state index is 11.0. The molecule has 1 atom stereocenters. The quantitative estimate of drug-likeness (QED) is 0.840. The van der Waals surface area contributed by atoms with Crippen LogP contribution in [0.4, 0.5) is 0 Å². The van der Waals surface area contributed by atoms with Crippen LogP contribution in [-0.4, -0.2) is 33.6 Å². The van der Waals surface area contributed by atoms with Crippen molar-refractivity contribution in [2.24, 2.45) is 0 Å². The first-order chi connectivity index (χ1) is 8.83. The van der Waals surface area contributed by atoms with E-state index in [1.807, 2.05) is 19.1 Å². The summed E-state index contributed by atoms with van der Waals surface area (Å²) in [4.78, 5) is 0. The third kappa shape index (κ3) is 5.80. The van der Waals surface area contributed by atoms with Gasteiger partial charge in [-0.2, -0.15) is 0 Å². The molecule has 1 aromatic carbocycles. The number of ether oxygens (including phenoxy) is 1. The predicted octanol–water partition coefficient (Wildman–Crippen LogP) is 2.43. The van der Waals surface area contributed by atoms with Crippen LogP contribution in [0, 0.1) is 0 Å². The highest BCUT2D eigenvalue weighted by molar-refractivity contribution is 7.90. The van der Waals surface area contributed by atoms with Crippen LogP contribution in [0.25, 0.3) is 0 Å². The Hall–Kier alpha value is -0.780. The fourth-order valence-corrected chi connectivity index (χ4v) is 2.26. The second-order valence-corrected chi connectivity index (χ2v) is 7.11. The van der Waals surface area contributed by atoms with Crippen LogP contribution in [0.15, 0.2) is 18.2 Å². The molecular formula is C13H20ClNO3S. The number of benzene rings is 1. The predicted molar refractivity (Wildman–Crippen MR) is 78.7 cm³/mol. The van der Waals surface area contributed by atoms with Gasteiger partial charge in [-0.05, 0) is 31.2 Å². The van der Waals surface area contributed by atoms with Crippen molar-refractivity contribution < 1.29 is 13.2 Å². The minimum atomic E-state index is -3.01. The standard InChI is InChI=1S/C13H20ClNO3S/c1-4-15-10(2)11-5-6-13(12(14)9-11)18-7-8-19(3,16)17/h5-6,9-10,15H,4,7-8H2,1-3H3. The normalized spacial score (nSPS) is 13.3. The van der Waals surface area contributed by atoms with Gasteiger partial charge < -0.3 is 10.1 Å². The number of hydrogen-bond acceptors (Lipinski definition) is 4. The first-order valence-electron chi connectivity index (χ1n) is 6.17. The van der Waals surface area contributed by atoms with Gasteiger partial charge in [0, 0.05) is 12.3 Å². The number of sulfone groups is 1. The fraction of sp³-hybridized carbons (Fsp3) is 0.538. The van der Waals surface area contributed by atoms with E-state index < -0.39 is 9.84 Å². The molecule has 0 saturated heterocycles. The van der Waals surface area contributed by atoms with Gasteiger partial charge in [0.25, 0.3) is 0 Å². The van der Waals surface area contributed by atoms with Crippen molar-refractivity contribution in [2.75, 3.05) is 25.2 Å². The maximum Gasteiger partial charge on any atom is 0.150 e. The Morgan fingerprint density at radius 3 is 2.63 bits per heavy atom. The Morgan fingerprint density at radius 1 is 1.42 bits per heavy atom. The molecule has 0 fully saturated rings. The number of nitrogens with one attached hydrogen (secondary N) is 1. The van der Waals surface area contributed by atoms with E-state index in [-0.39, 0.29) is 18.4 Å². The van der Waals surface area contributed by atoms with Gasteiger partial charge in [0.05, 0.1) is 10.8 Å². The summed E-state index contributed by atoms with van der Waals surface area (Å²) in [6.45, 7) is 5.09. The molecule has 0 heterocycles. The zero-order chi connectivity index (χ0) is 14.5. The van der Waals surface area contributed by atoms with Crippen molar-refractivity contribution in [3.8, 4) is 5.75 Å². The summed E-state index contributed by atoms with van der Waals surface area (Å²) in [5, 5.41) is 3.79. The highest BCUT2D eigenvalue weighted by atomic mass is 35.5. The number of hydrogen-bond donors (Lipinski definition) is 1. The lowest BCUT2D eigenvalue weighted by atomic mass is 10.1. The van der Waals surface area contributed by atoms with Gasteiger partial charge in [0.2, 0.25) is 0 Å². The lowest BCUT2D eigenvalue weighted by molar-refractivity contribution is 0.341. The van der Waals surface area contributed by atoms with Gasteiger partial charge in [-0.3, -0.25) is 0 Å². The molecule has 1 unspecified atom stereocenters. The first kappa shape index (κ1) is 16.3. The summed E-state index contributed by atoms with van der Waals surface area (Å²) in [5.74, 6) is 0.497. The lowest BCUT2D eigenvalue weighted by Crippen LogP contribution is -2.17. The Morgan fingerprint density at radius 2 is 2.11 bits per heavy atom. The van der Waals surface area contributed by atoms with E-state index in [2.05, 4.69) is 12.2 Å². The van der Waals surface area contributed by atoms with Crippen LogP contribution in [0.3, 0.4) is 0 Å². The average molecular weight is 306 g/mol. The summed E-state index contributed by atoms with van der Waals surface area (Å²) in [7, 11) is -3.01. The molecular weight excluding hydrogens is 286 g/mol. The molecule has 0 amide bonds. The van der Waals surface area contributed by atoms with E-state index in [4.69, 9.17) is 16.3 Å². The molecule has 6 heteroatoms. The summed E-state index contributed by atoms with van der Waals surface area (Å²) in [5.41, 5.74) is 1.07. The number of rotatable bonds is 7. The number of halogens is 1. The van der Waals surface area contributed by atoms with Gasteiger partial charge in [-0.15, -0.1) is 0 Å². The Bertz CT molecular complexity index is 517. The molecule has 19 heavy (non-hydrogen) atoms. The Kier molecular flexibility index (Phi) is 6.10. The zero-order valence-corrected chi connectivity index (χ0v) is 13.0. The second kappa shape index (κ2) is 7.12. The van der Waals surface area contributed by atoms with E-state index in [9.17, 15) is 8.42 Å². The van der Waals surface area contributed by atoms with Crippen LogP contribution < -0.4 is 10.1 Å². The fourth-order valence-electron chi connectivity index (χ4n) is 1.63. The maximum atomic E-state index is 11.0. The smallest absolute Gasteiger partial charge is 0.150 e. The molecule has 4 nitrogen and oxygen atoms in total. The SMILES string of the molecule is CCNC(C)c1ccc(OCCS(C)(=O)=O)c(Cl)c1. The van der Waals surface area contributed by atoms with E-state index >= 15 is 0 Å². The molecule has 0 aromatic heterocycles. The molecule has 0 aliphatic heterocycles. The Labute approximate surface area is 120 Å². The second-order valence-electron chi connectivity index (χ2n) is 4.45. The van der Waals surface area contributed by atoms with Gasteiger partial charge in [0.15, 0.2) is 9.84 Å². The topological polar surface area (TPSA) is 55.4 Å². The van der Waals surface area contributed by atoms with Gasteiger partial charge in [-0.25, -0.2) is 8.42 Å². The van der Waals surface area contributed by atoms with E-state index in [1.165, 1.54) is 6.26 Å². The van der Waals surface area contributed by atoms with Crippen molar-refractivity contribution in [1.29, 1.82) is 0 Å². The largest absolute Gasteiger partial charge is 0.491 e. The van der Waals surface area contributed by atoms with Crippen LogP contribution in [0.1, 0.15) is 25.5 Å². The van der Waals surface area contributed by atoms with Crippen molar-refractivity contribution in [3.05, 3.63) is 28.8 Å². The van der Waals surface area contributed by atoms with Crippen molar-refractivity contribution in [1.82, 2.24) is 5.32 Å². The first-order valence-corrected chi connectivity index (χ1v) is 8.60. The van der Waals surface area contributed by atoms with Crippen LogP contribution in [0.2, 0.25) is 5.02 Å². The minimum absolute atomic E-state index is 0.0150. The minimum Gasteiger partial charge on any atom is -0.491 e. The van der Waals surface area contributed by atoms with Crippen LogP contribution in [-0.2, 0) is 9.84 Å². The Balaban J connectivity index is 2.67. The monoisotopic (exact) mass is 305 g/mol. The molecule has 1 aromatic rings. The van der Waals surface area contributed by atoms with E-state index in [0.717, 1.165) is 12.1 Å². The molecule has 0 bridgehead atoms. The molecule has 0 aliphatic carbocycles. The summed E-state index contributed by atoms with van der Waals surface area (Å²) in [6, 6.07) is 5.75. The molecule has 1 N–H and O–H groups in total. The molecule has 108 valence electrons. The van der Waals surface area contributed by atoms with E-state index in [1.54, 1.807) is 6.07 Å². The molecule has 0 saturated carbocycles. The third-order valence-corrected chi connectivity index (χ3v) is 3.88. The average Bonchev–Trinajstić information content (AvgIpc) is 2.30.